The number of hydrogen-bond donors (Lipinski definition) is 1. The minimum Gasteiger partial charge on any atom is -0.352 e. The molecule has 0 spiro atoms. The first kappa shape index (κ1) is 19.4. The molecule has 2 aliphatic rings. The molecule has 3 atom stereocenters. The van der Waals surface area contributed by atoms with E-state index >= 15 is 0 Å². The number of hydrogen-bond acceptors (Lipinski definition) is 3. The SMILES string of the molecule is C[C@@H]1CCCN(C[C@H](C)NC(=O)[C@@H]2CC(=O)N(c3ccccc3Br)C2)C1. The zero-order valence-electron chi connectivity index (χ0n) is 15.6. The molecule has 2 amide bonds. The predicted octanol–water partition coefficient (Wildman–Crippen LogP) is 3.04. The van der Waals surface area contributed by atoms with Crippen LogP contribution >= 0.6 is 15.9 Å². The number of nitrogens with zero attached hydrogens (tertiary/aromatic N) is 2. The van der Waals surface area contributed by atoms with Crippen LogP contribution < -0.4 is 10.2 Å². The van der Waals surface area contributed by atoms with E-state index in [-0.39, 0.29) is 30.2 Å². The Bertz CT molecular complexity index is 666. The Kier molecular flexibility index (Phi) is 6.35. The van der Waals surface area contributed by atoms with Crippen LogP contribution in [0.25, 0.3) is 0 Å². The summed E-state index contributed by atoms with van der Waals surface area (Å²) in [6.45, 7) is 7.89. The molecule has 2 aliphatic heterocycles. The topological polar surface area (TPSA) is 52.7 Å². The summed E-state index contributed by atoms with van der Waals surface area (Å²) in [5.41, 5.74) is 0.836. The Labute approximate surface area is 164 Å². The van der Waals surface area contributed by atoms with Gasteiger partial charge in [-0.05, 0) is 60.3 Å². The highest BCUT2D eigenvalue weighted by molar-refractivity contribution is 9.10. The summed E-state index contributed by atoms with van der Waals surface area (Å²) < 4.78 is 0.877. The predicted molar refractivity (Wildman–Crippen MR) is 107 cm³/mol. The van der Waals surface area contributed by atoms with Gasteiger partial charge in [0.2, 0.25) is 11.8 Å². The van der Waals surface area contributed by atoms with Crippen molar-refractivity contribution in [2.75, 3.05) is 31.1 Å². The van der Waals surface area contributed by atoms with Gasteiger partial charge in [0, 0.05) is 36.6 Å². The van der Waals surface area contributed by atoms with Gasteiger partial charge in [-0.25, -0.2) is 0 Å². The lowest BCUT2D eigenvalue weighted by Crippen LogP contribution is -2.46. The van der Waals surface area contributed by atoms with E-state index < -0.39 is 0 Å². The molecule has 0 unspecified atom stereocenters. The largest absolute Gasteiger partial charge is 0.352 e. The maximum Gasteiger partial charge on any atom is 0.227 e. The lowest BCUT2D eigenvalue weighted by molar-refractivity contribution is -0.127. The fraction of sp³-hybridized carbons (Fsp3) is 0.600. The van der Waals surface area contributed by atoms with E-state index in [9.17, 15) is 9.59 Å². The number of carbonyl (C=O) groups is 2. The summed E-state index contributed by atoms with van der Waals surface area (Å²) in [6, 6.07) is 7.74. The van der Waals surface area contributed by atoms with Gasteiger partial charge < -0.3 is 15.1 Å². The van der Waals surface area contributed by atoms with Crippen LogP contribution in [0, 0.1) is 11.8 Å². The smallest absolute Gasteiger partial charge is 0.227 e. The maximum atomic E-state index is 12.6. The van der Waals surface area contributed by atoms with Crippen molar-refractivity contribution in [2.45, 2.75) is 39.2 Å². The van der Waals surface area contributed by atoms with Gasteiger partial charge in [-0.3, -0.25) is 9.59 Å². The number of nitrogens with one attached hydrogen (secondary N) is 1. The van der Waals surface area contributed by atoms with Gasteiger partial charge >= 0.3 is 0 Å². The van der Waals surface area contributed by atoms with Crippen molar-refractivity contribution >= 4 is 33.4 Å². The Morgan fingerprint density at radius 1 is 1.35 bits per heavy atom. The summed E-state index contributed by atoms with van der Waals surface area (Å²) in [5.74, 6) is 0.453. The molecule has 1 N–H and O–H groups in total. The Hall–Kier alpha value is -1.40. The van der Waals surface area contributed by atoms with E-state index in [1.54, 1.807) is 4.90 Å². The zero-order valence-corrected chi connectivity index (χ0v) is 17.2. The maximum absolute atomic E-state index is 12.6. The number of likely N-dealkylation sites (tertiary alicyclic amines) is 1. The molecule has 26 heavy (non-hydrogen) atoms. The van der Waals surface area contributed by atoms with Crippen molar-refractivity contribution in [2.24, 2.45) is 11.8 Å². The van der Waals surface area contributed by atoms with Gasteiger partial charge in [-0.15, -0.1) is 0 Å². The van der Waals surface area contributed by atoms with Crippen molar-refractivity contribution in [1.82, 2.24) is 10.2 Å². The van der Waals surface area contributed by atoms with Gasteiger partial charge in [0.05, 0.1) is 11.6 Å². The highest BCUT2D eigenvalue weighted by Gasteiger charge is 2.36. The molecular weight excluding hydrogens is 394 g/mol. The third-order valence-electron chi connectivity index (χ3n) is 5.30. The van der Waals surface area contributed by atoms with Crippen molar-refractivity contribution in [3.63, 3.8) is 0 Å². The second-order valence-electron chi connectivity index (χ2n) is 7.77. The number of para-hydroxylation sites is 1. The van der Waals surface area contributed by atoms with Crippen LogP contribution in [0.3, 0.4) is 0 Å². The number of amides is 2. The molecule has 2 fully saturated rings. The molecule has 6 heteroatoms. The van der Waals surface area contributed by atoms with E-state index in [2.05, 4.69) is 40.0 Å². The third kappa shape index (κ3) is 4.65. The normalized spacial score (nSPS) is 25.3. The molecule has 0 bridgehead atoms. The average Bonchev–Trinajstić information content (AvgIpc) is 2.97. The average molecular weight is 422 g/mol. The molecule has 0 radical (unpaired) electrons. The lowest BCUT2D eigenvalue weighted by Gasteiger charge is -2.33. The van der Waals surface area contributed by atoms with Crippen molar-refractivity contribution in [3.8, 4) is 0 Å². The first-order valence-electron chi connectivity index (χ1n) is 9.51. The highest BCUT2D eigenvalue weighted by Crippen LogP contribution is 2.31. The van der Waals surface area contributed by atoms with E-state index in [0.29, 0.717) is 6.54 Å². The minimum absolute atomic E-state index is 0.00883. The molecule has 142 valence electrons. The molecule has 0 aliphatic carbocycles. The second-order valence-corrected chi connectivity index (χ2v) is 8.63. The summed E-state index contributed by atoms with van der Waals surface area (Å²) in [5, 5.41) is 3.12. The molecule has 1 aromatic rings. The Balaban J connectivity index is 1.54. The number of benzene rings is 1. The van der Waals surface area contributed by atoms with Crippen molar-refractivity contribution in [3.05, 3.63) is 28.7 Å². The summed E-state index contributed by atoms with van der Waals surface area (Å²) in [6.07, 6.45) is 2.81. The van der Waals surface area contributed by atoms with Crippen LogP contribution in [0.4, 0.5) is 5.69 Å². The van der Waals surface area contributed by atoms with Crippen LogP contribution in [0.15, 0.2) is 28.7 Å². The molecule has 5 nitrogen and oxygen atoms in total. The molecular formula is C20H28BrN3O2. The van der Waals surface area contributed by atoms with E-state index in [1.165, 1.54) is 12.8 Å². The van der Waals surface area contributed by atoms with Crippen LogP contribution in [0.5, 0.6) is 0 Å². The first-order chi connectivity index (χ1) is 12.4. The fourth-order valence-electron chi connectivity index (χ4n) is 4.03. The van der Waals surface area contributed by atoms with Gasteiger partial charge in [0.25, 0.3) is 0 Å². The zero-order chi connectivity index (χ0) is 18.7. The first-order valence-corrected chi connectivity index (χ1v) is 10.3. The number of anilines is 1. The second kappa shape index (κ2) is 8.53. The molecule has 0 aromatic heterocycles. The van der Waals surface area contributed by atoms with Gasteiger partial charge in [-0.2, -0.15) is 0 Å². The Morgan fingerprint density at radius 2 is 2.12 bits per heavy atom. The number of piperidine rings is 1. The number of halogens is 1. The van der Waals surface area contributed by atoms with Gasteiger partial charge in [0.15, 0.2) is 0 Å². The van der Waals surface area contributed by atoms with Crippen LogP contribution in [0.2, 0.25) is 0 Å². The molecule has 2 heterocycles. The van der Waals surface area contributed by atoms with Crippen LogP contribution in [0.1, 0.15) is 33.1 Å². The monoisotopic (exact) mass is 421 g/mol. The molecule has 1 aromatic carbocycles. The lowest BCUT2D eigenvalue weighted by atomic mass is 10.00. The third-order valence-corrected chi connectivity index (χ3v) is 5.97. The van der Waals surface area contributed by atoms with Crippen molar-refractivity contribution in [1.29, 1.82) is 0 Å². The molecule has 3 rings (SSSR count). The summed E-state index contributed by atoms with van der Waals surface area (Å²) in [4.78, 5) is 29.2. The quantitative estimate of drug-likeness (QED) is 0.794. The highest BCUT2D eigenvalue weighted by atomic mass is 79.9. The Morgan fingerprint density at radius 3 is 2.85 bits per heavy atom. The van der Waals surface area contributed by atoms with Crippen LogP contribution in [-0.2, 0) is 9.59 Å². The van der Waals surface area contributed by atoms with E-state index in [4.69, 9.17) is 0 Å². The summed E-state index contributed by atoms with van der Waals surface area (Å²) >= 11 is 3.49. The summed E-state index contributed by atoms with van der Waals surface area (Å²) in [7, 11) is 0. The van der Waals surface area contributed by atoms with Gasteiger partial charge in [-0.1, -0.05) is 19.1 Å². The number of carbonyl (C=O) groups excluding carboxylic acids is 2. The van der Waals surface area contributed by atoms with Crippen molar-refractivity contribution < 1.29 is 9.59 Å². The van der Waals surface area contributed by atoms with Gasteiger partial charge in [0.1, 0.15) is 0 Å². The number of rotatable bonds is 5. The fourth-order valence-corrected chi connectivity index (χ4v) is 4.53. The standard InChI is InChI=1S/C20H28BrN3O2/c1-14-6-5-9-23(11-14)12-15(2)22-20(26)16-10-19(25)24(13-16)18-8-4-3-7-17(18)21/h3-4,7-8,14-16H,5-6,9-13H2,1-2H3,(H,22,26)/t14-,15+,16-/m1/s1. The molecule has 0 saturated carbocycles. The van der Waals surface area contributed by atoms with Crippen LogP contribution in [-0.4, -0.2) is 48.9 Å². The molecule has 2 saturated heterocycles. The minimum atomic E-state index is -0.280. The van der Waals surface area contributed by atoms with E-state index in [1.807, 2.05) is 24.3 Å². The van der Waals surface area contributed by atoms with E-state index in [0.717, 1.165) is 35.7 Å².